The van der Waals surface area contributed by atoms with E-state index in [0.717, 1.165) is 15.2 Å². The SMILES string of the molecule is Cc1nnc(NC(=O)[C@H](C)Nc2ccc(Br)cc2)s1. The number of hydrogen-bond acceptors (Lipinski definition) is 5. The molecule has 0 fully saturated rings. The number of nitrogens with one attached hydrogen (secondary N) is 2. The summed E-state index contributed by atoms with van der Waals surface area (Å²) in [6, 6.07) is 7.29. The zero-order valence-corrected chi connectivity index (χ0v) is 12.9. The first-order valence-corrected chi connectivity index (χ1v) is 7.28. The van der Waals surface area contributed by atoms with Crippen LogP contribution in [0, 0.1) is 6.92 Å². The molecule has 0 aliphatic heterocycles. The number of aromatic nitrogens is 2. The van der Waals surface area contributed by atoms with E-state index >= 15 is 0 Å². The first-order valence-electron chi connectivity index (χ1n) is 5.67. The van der Waals surface area contributed by atoms with Crippen LogP contribution in [0.4, 0.5) is 10.8 Å². The summed E-state index contributed by atoms with van der Waals surface area (Å²) < 4.78 is 1.000. The van der Waals surface area contributed by atoms with Crippen molar-refractivity contribution in [3.63, 3.8) is 0 Å². The fourth-order valence-corrected chi connectivity index (χ4v) is 2.28. The third kappa shape index (κ3) is 4.00. The quantitative estimate of drug-likeness (QED) is 0.897. The van der Waals surface area contributed by atoms with E-state index in [9.17, 15) is 4.79 Å². The second kappa shape index (κ2) is 6.12. The molecule has 2 aromatic rings. The zero-order valence-electron chi connectivity index (χ0n) is 10.5. The van der Waals surface area contributed by atoms with E-state index in [4.69, 9.17) is 0 Å². The fourth-order valence-electron chi connectivity index (χ4n) is 1.42. The van der Waals surface area contributed by atoms with Crippen molar-refractivity contribution in [3.05, 3.63) is 33.7 Å². The van der Waals surface area contributed by atoms with E-state index in [1.165, 1.54) is 11.3 Å². The molecule has 19 heavy (non-hydrogen) atoms. The largest absolute Gasteiger partial charge is 0.374 e. The van der Waals surface area contributed by atoms with Crippen LogP contribution in [0.1, 0.15) is 11.9 Å². The number of benzene rings is 1. The molecule has 0 spiro atoms. The average molecular weight is 341 g/mol. The van der Waals surface area contributed by atoms with E-state index in [2.05, 4.69) is 36.8 Å². The predicted molar refractivity (Wildman–Crippen MR) is 80.5 cm³/mol. The molecule has 1 aromatic heterocycles. The van der Waals surface area contributed by atoms with Crippen LogP contribution < -0.4 is 10.6 Å². The first kappa shape index (κ1) is 14.0. The molecule has 1 amide bonds. The Morgan fingerprint density at radius 3 is 2.58 bits per heavy atom. The highest BCUT2D eigenvalue weighted by molar-refractivity contribution is 9.10. The lowest BCUT2D eigenvalue weighted by Crippen LogP contribution is -2.31. The summed E-state index contributed by atoms with van der Waals surface area (Å²) in [4.78, 5) is 11.9. The maximum Gasteiger partial charge on any atom is 0.248 e. The van der Waals surface area contributed by atoms with Gasteiger partial charge in [-0.2, -0.15) is 0 Å². The van der Waals surface area contributed by atoms with Gasteiger partial charge in [0, 0.05) is 10.2 Å². The molecule has 0 aliphatic carbocycles. The van der Waals surface area contributed by atoms with Gasteiger partial charge in [-0.1, -0.05) is 27.3 Å². The first-order chi connectivity index (χ1) is 9.04. The molecule has 5 nitrogen and oxygen atoms in total. The number of amides is 1. The summed E-state index contributed by atoms with van der Waals surface area (Å²) in [5, 5.41) is 14.9. The highest BCUT2D eigenvalue weighted by Gasteiger charge is 2.14. The normalized spacial score (nSPS) is 11.9. The molecule has 0 unspecified atom stereocenters. The molecule has 1 atom stereocenters. The van der Waals surface area contributed by atoms with Gasteiger partial charge in [0.1, 0.15) is 11.0 Å². The minimum Gasteiger partial charge on any atom is -0.374 e. The second-order valence-electron chi connectivity index (χ2n) is 3.99. The van der Waals surface area contributed by atoms with Crippen LogP contribution in [-0.4, -0.2) is 22.1 Å². The molecule has 2 N–H and O–H groups in total. The van der Waals surface area contributed by atoms with Crippen LogP contribution in [0.3, 0.4) is 0 Å². The molecule has 0 saturated carbocycles. The minimum absolute atomic E-state index is 0.140. The summed E-state index contributed by atoms with van der Waals surface area (Å²) in [6.07, 6.45) is 0. The van der Waals surface area contributed by atoms with Crippen LogP contribution in [0.25, 0.3) is 0 Å². The van der Waals surface area contributed by atoms with E-state index < -0.39 is 0 Å². The molecular weight excluding hydrogens is 328 g/mol. The van der Waals surface area contributed by atoms with Gasteiger partial charge in [-0.25, -0.2) is 0 Å². The lowest BCUT2D eigenvalue weighted by Gasteiger charge is -2.14. The summed E-state index contributed by atoms with van der Waals surface area (Å²) in [5.41, 5.74) is 0.888. The number of rotatable bonds is 4. The Balaban J connectivity index is 1.94. The number of aryl methyl sites for hydroxylation is 1. The molecule has 100 valence electrons. The predicted octanol–water partition coefficient (Wildman–Crippen LogP) is 3.05. The maximum absolute atomic E-state index is 11.9. The van der Waals surface area contributed by atoms with E-state index in [1.54, 1.807) is 6.92 Å². The minimum atomic E-state index is -0.356. The molecule has 1 aromatic carbocycles. The van der Waals surface area contributed by atoms with Crippen molar-refractivity contribution >= 4 is 44.0 Å². The number of carbonyl (C=O) groups is 1. The van der Waals surface area contributed by atoms with Gasteiger partial charge in [0.05, 0.1) is 0 Å². The van der Waals surface area contributed by atoms with Crippen molar-refractivity contribution in [3.8, 4) is 0 Å². The van der Waals surface area contributed by atoms with Crippen molar-refractivity contribution in [2.45, 2.75) is 19.9 Å². The van der Waals surface area contributed by atoms with Gasteiger partial charge in [-0.05, 0) is 38.1 Å². The number of halogens is 1. The average Bonchev–Trinajstić information content (AvgIpc) is 2.77. The highest BCUT2D eigenvalue weighted by atomic mass is 79.9. The lowest BCUT2D eigenvalue weighted by molar-refractivity contribution is -0.116. The van der Waals surface area contributed by atoms with Crippen LogP contribution in [0.5, 0.6) is 0 Å². The van der Waals surface area contributed by atoms with Gasteiger partial charge in [-0.15, -0.1) is 10.2 Å². The lowest BCUT2D eigenvalue weighted by atomic mass is 10.2. The number of anilines is 2. The Kier molecular flexibility index (Phi) is 4.49. The standard InChI is InChI=1S/C12H13BrN4OS/c1-7(14-10-5-3-9(13)4-6-10)11(18)15-12-17-16-8(2)19-12/h3-7,14H,1-2H3,(H,15,17,18)/t7-/m0/s1. The number of hydrogen-bond donors (Lipinski definition) is 2. The molecule has 0 radical (unpaired) electrons. The Morgan fingerprint density at radius 2 is 2.00 bits per heavy atom. The zero-order chi connectivity index (χ0) is 13.8. The maximum atomic E-state index is 11.9. The fraction of sp³-hybridized carbons (Fsp3) is 0.250. The van der Waals surface area contributed by atoms with Crippen molar-refractivity contribution in [1.29, 1.82) is 0 Å². The molecule has 1 heterocycles. The molecule has 0 bridgehead atoms. The topological polar surface area (TPSA) is 66.9 Å². The van der Waals surface area contributed by atoms with E-state index in [1.807, 2.05) is 31.2 Å². The van der Waals surface area contributed by atoms with Crippen molar-refractivity contribution in [2.75, 3.05) is 10.6 Å². The Bertz CT molecular complexity index is 569. The highest BCUT2D eigenvalue weighted by Crippen LogP contribution is 2.16. The summed E-state index contributed by atoms with van der Waals surface area (Å²) >= 11 is 4.72. The van der Waals surface area contributed by atoms with E-state index in [-0.39, 0.29) is 11.9 Å². The molecule has 7 heteroatoms. The van der Waals surface area contributed by atoms with Gasteiger partial charge >= 0.3 is 0 Å². The van der Waals surface area contributed by atoms with Gasteiger partial charge in [0.15, 0.2) is 0 Å². The molecule has 0 aliphatic rings. The van der Waals surface area contributed by atoms with Crippen LogP contribution in [0.2, 0.25) is 0 Å². The third-order valence-corrected chi connectivity index (χ3v) is 3.66. The van der Waals surface area contributed by atoms with Crippen molar-refractivity contribution in [1.82, 2.24) is 10.2 Å². The van der Waals surface area contributed by atoms with Gasteiger partial charge < -0.3 is 5.32 Å². The summed E-state index contributed by atoms with van der Waals surface area (Å²) in [7, 11) is 0. The Hall–Kier alpha value is -1.47. The summed E-state index contributed by atoms with van der Waals surface area (Å²) in [6.45, 7) is 3.64. The molecule has 0 saturated heterocycles. The third-order valence-electron chi connectivity index (χ3n) is 2.38. The van der Waals surface area contributed by atoms with Crippen molar-refractivity contribution < 1.29 is 4.79 Å². The monoisotopic (exact) mass is 340 g/mol. The summed E-state index contributed by atoms with van der Waals surface area (Å²) in [5.74, 6) is -0.140. The van der Waals surface area contributed by atoms with Crippen LogP contribution >= 0.6 is 27.3 Å². The van der Waals surface area contributed by atoms with Crippen LogP contribution in [-0.2, 0) is 4.79 Å². The van der Waals surface area contributed by atoms with Gasteiger partial charge in [-0.3, -0.25) is 10.1 Å². The Morgan fingerprint density at radius 1 is 1.32 bits per heavy atom. The van der Waals surface area contributed by atoms with Gasteiger partial charge in [0.25, 0.3) is 0 Å². The Labute approximate surface area is 123 Å². The van der Waals surface area contributed by atoms with Gasteiger partial charge in [0.2, 0.25) is 11.0 Å². The van der Waals surface area contributed by atoms with E-state index in [0.29, 0.717) is 5.13 Å². The number of carbonyl (C=O) groups excluding carboxylic acids is 1. The number of nitrogens with zero attached hydrogens (tertiary/aromatic N) is 2. The van der Waals surface area contributed by atoms with Crippen molar-refractivity contribution in [2.24, 2.45) is 0 Å². The molecular formula is C12H13BrN4OS. The molecule has 2 rings (SSSR count). The second-order valence-corrected chi connectivity index (χ2v) is 6.09. The van der Waals surface area contributed by atoms with Crippen LogP contribution in [0.15, 0.2) is 28.7 Å². The smallest absolute Gasteiger partial charge is 0.248 e.